The standard InChI is InChI=1S/C24H20N2O6/c1-3-22(27)31-15-29-20-11-9-18(10-12-20)17-5-7-19(8-6-17)24-25-13-21(14-26-24)30-16-32-23(28)4-2/h3-14H,1-2,15-16H2. The Morgan fingerprint density at radius 3 is 1.62 bits per heavy atom. The van der Waals surface area contributed by atoms with Crippen LogP contribution < -0.4 is 9.47 Å². The van der Waals surface area contributed by atoms with Crippen LogP contribution in [0.25, 0.3) is 22.5 Å². The SMILES string of the molecule is C=CC(=O)OCOc1ccc(-c2ccc(-c3ncc(OCOC(=O)C=C)cn3)cc2)cc1. The van der Waals surface area contributed by atoms with Crippen LogP contribution in [-0.4, -0.2) is 35.5 Å². The lowest BCUT2D eigenvalue weighted by Gasteiger charge is -2.08. The number of benzene rings is 2. The van der Waals surface area contributed by atoms with E-state index in [1.165, 1.54) is 12.4 Å². The fraction of sp³-hybridized carbons (Fsp3) is 0.0833. The normalized spacial score (nSPS) is 10.0. The van der Waals surface area contributed by atoms with Crippen LogP contribution in [0.15, 0.2) is 86.2 Å². The molecule has 0 fully saturated rings. The minimum atomic E-state index is -0.571. The Bertz CT molecular complexity index is 988. The molecule has 8 nitrogen and oxygen atoms in total. The number of hydrogen-bond donors (Lipinski definition) is 0. The number of aromatic nitrogens is 2. The second-order valence-corrected chi connectivity index (χ2v) is 6.20. The first-order valence-electron chi connectivity index (χ1n) is 9.46. The Morgan fingerprint density at radius 2 is 1.12 bits per heavy atom. The Balaban J connectivity index is 1.57. The maximum atomic E-state index is 11.0. The number of carbonyl (C=O) groups excluding carboxylic acids is 2. The lowest BCUT2D eigenvalue weighted by Crippen LogP contribution is -2.08. The summed E-state index contributed by atoms with van der Waals surface area (Å²) < 4.78 is 20.1. The molecular weight excluding hydrogens is 412 g/mol. The van der Waals surface area contributed by atoms with Gasteiger partial charge in [0.15, 0.2) is 11.6 Å². The third-order valence-electron chi connectivity index (χ3n) is 4.15. The summed E-state index contributed by atoms with van der Waals surface area (Å²) in [5, 5.41) is 0. The first-order chi connectivity index (χ1) is 15.6. The van der Waals surface area contributed by atoms with E-state index in [9.17, 15) is 9.59 Å². The minimum Gasteiger partial charge on any atom is -0.457 e. The van der Waals surface area contributed by atoms with Gasteiger partial charge in [-0.05, 0) is 23.3 Å². The Hall–Kier alpha value is -4.46. The molecule has 1 heterocycles. The van der Waals surface area contributed by atoms with Crippen molar-refractivity contribution in [1.82, 2.24) is 9.97 Å². The highest BCUT2D eigenvalue weighted by molar-refractivity contribution is 5.81. The van der Waals surface area contributed by atoms with Crippen molar-refractivity contribution in [2.45, 2.75) is 0 Å². The van der Waals surface area contributed by atoms with E-state index < -0.39 is 11.9 Å². The van der Waals surface area contributed by atoms with Crippen LogP contribution in [0.4, 0.5) is 0 Å². The predicted molar refractivity (Wildman–Crippen MR) is 116 cm³/mol. The average molecular weight is 432 g/mol. The molecule has 0 bridgehead atoms. The van der Waals surface area contributed by atoms with Crippen molar-refractivity contribution in [3.05, 3.63) is 86.2 Å². The van der Waals surface area contributed by atoms with Gasteiger partial charge in [0.05, 0.1) is 12.4 Å². The van der Waals surface area contributed by atoms with Gasteiger partial charge in [0, 0.05) is 17.7 Å². The lowest BCUT2D eigenvalue weighted by molar-refractivity contribution is -0.145. The first kappa shape index (κ1) is 22.2. The summed E-state index contributed by atoms with van der Waals surface area (Å²) in [6, 6.07) is 15.1. The van der Waals surface area contributed by atoms with Crippen molar-refractivity contribution < 1.29 is 28.5 Å². The molecule has 0 radical (unpaired) electrons. The molecule has 162 valence electrons. The van der Waals surface area contributed by atoms with Crippen molar-refractivity contribution in [1.29, 1.82) is 0 Å². The third kappa shape index (κ3) is 6.27. The monoisotopic (exact) mass is 432 g/mol. The van der Waals surface area contributed by atoms with Crippen LogP contribution in [0.3, 0.4) is 0 Å². The molecule has 0 atom stereocenters. The topological polar surface area (TPSA) is 96.8 Å². The molecule has 0 aliphatic carbocycles. The Labute approximate surface area is 184 Å². The van der Waals surface area contributed by atoms with Crippen molar-refractivity contribution in [3.63, 3.8) is 0 Å². The summed E-state index contributed by atoms with van der Waals surface area (Å²) in [6.07, 6.45) is 5.14. The van der Waals surface area contributed by atoms with Crippen molar-refractivity contribution in [2.75, 3.05) is 13.6 Å². The molecule has 0 aliphatic heterocycles. The molecule has 0 aliphatic rings. The second kappa shape index (κ2) is 11.1. The largest absolute Gasteiger partial charge is 0.457 e. The summed E-state index contributed by atoms with van der Waals surface area (Å²) >= 11 is 0. The van der Waals surface area contributed by atoms with E-state index >= 15 is 0 Å². The molecule has 1 aromatic heterocycles. The highest BCUT2D eigenvalue weighted by atomic mass is 16.7. The molecular formula is C24H20N2O6. The van der Waals surface area contributed by atoms with Crippen LogP contribution in [0.1, 0.15) is 0 Å². The van der Waals surface area contributed by atoms with E-state index in [0.29, 0.717) is 17.3 Å². The molecule has 0 N–H and O–H groups in total. The van der Waals surface area contributed by atoms with Gasteiger partial charge in [-0.25, -0.2) is 19.6 Å². The Kier molecular flexibility index (Phi) is 7.69. The van der Waals surface area contributed by atoms with E-state index in [2.05, 4.69) is 23.1 Å². The molecule has 2 aromatic carbocycles. The molecule has 0 amide bonds. The van der Waals surface area contributed by atoms with Crippen molar-refractivity contribution in [2.24, 2.45) is 0 Å². The van der Waals surface area contributed by atoms with E-state index in [1.807, 2.05) is 36.4 Å². The highest BCUT2D eigenvalue weighted by Crippen LogP contribution is 2.25. The van der Waals surface area contributed by atoms with Crippen LogP contribution in [0.2, 0.25) is 0 Å². The zero-order valence-corrected chi connectivity index (χ0v) is 17.1. The fourth-order valence-corrected chi connectivity index (χ4v) is 2.52. The van der Waals surface area contributed by atoms with Crippen molar-refractivity contribution >= 4 is 11.9 Å². The number of esters is 2. The molecule has 0 saturated heterocycles. The van der Waals surface area contributed by atoms with Gasteiger partial charge in [-0.2, -0.15) is 0 Å². The number of carbonyl (C=O) groups is 2. The van der Waals surface area contributed by atoms with Gasteiger partial charge >= 0.3 is 11.9 Å². The third-order valence-corrected chi connectivity index (χ3v) is 4.15. The zero-order chi connectivity index (χ0) is 22.8. The average Bonchev–Trinajstić information content (AvgIpc) is 2.85. The van der Waals surface area contributed by atoms with Gasteiger partial charge in [-0.3, -0.25) is 0 Å². The van der Waals surface area contributed by atoms with Crippen LogP contribution >= 0.6 is 0 Å². The number of hydrogen-bond acceptors (Lipinski definition) is 8. The number of nitrogens with zero attached hydrogens (tertiary/aromatic N) is 2. The maximum absolute atomic E-state index is 11.0. The van der Waals surface area contributed by atoms with Crippen LogP contribution in [-0.2, 0) is 19.1 Å². The highest BCUT2D eigenvalue weighted by Gasteiger charge is 2.05. The van der Waals surface area contributed by atoms with Gasteiger partial charge in [0.2, 0.25) is 13.6 Å². The summed E-state index contributed by atoms with van der Waals surface area (Å²) in [5.74, 6) is 0.381. The molecule has 0 spiro atoms. The maximum Gasteiger partial charge on any atom is 0.333 e. The number of ether oxygens (including phenoxy) is 4. The molecule has 8 heteroatoms. The van der Waals surface area contributed by atoms with Gasteiger partial charge in [-0.15, -0.1) is 0 Å². The van der Waals surface area contributed by atoms with Gasteiger partial charge in [0.1, 0.15) is 5.75 Å². The summed E-state index contributed by atoms with van der Waals surface area (Å²) in [7, 11) is 0. The quantitative estimate of drug-likeness (QED) is 0.270. The van der Waals surface area contributed by atoms with E-state index in [1.54, 1.807) is 12.1 Å². The Morgan fingerprint density at radius 1 is 0.688 bits per heavy atom. The minimum absolute atomic E-state index is 0.178. The predicted octanol–water partition coefficient (Wildman–Crippen LogP) is 3.94. The van der Waals surface area contributed by atoms with Crippen LogP contribution in [0.5, 0.6) is 11.5 Å². The van der Waals surface area contributed by atoms with E-state index in [-0.39, 0.29) is 13.6 Å². The second-order valence-electron chi connectivity index (χ2n) is 6.20. The fourth-order valence-electron chi connectivity index (χ4n) is 2.52. The summed E-state index contributed by atoms with van der Waals surface area (Å²) in [5.41, 5.74) is 2.83. The lowest BCUT2D eigenvalue weighted by atomic mass is 10.0. The molecule has 32 heavy (non-hydrogen) atoms. The summed E-state index contributed by atoms with van der Waals surface area (Å²) in [6.45, 7) is 6.20. The van der Waals surface area contributed by atoms with Crippen LogP contribution in [0, 0.1) is 0 Å². The van der Waals surface area contributed by atoms with Crippen molar-refractivity contribution in [3.8, 4) is 34.0 Å². The molecule has 0 unspecified atom stereocenters. The first-order valence-corrected chi connectivity index (χ1v) is 9.46. The van der Waals surface area contributed by atoms with E-state index in [4.69, 9.17) is 18.9 Å². The molecule has 3 rings (SSSR count). The van der Waals surface area contributed by atoms with Gasteiger partial charge < -0.3 is 18.9 Å². The summed E-state index contributed by atoms with van der Waals surface area (Å²) in [4.78, 5) is 30.5. The smallest absolute Gasteiger partial charge is 0.333 e. The van der Waals surface area contributed by atoms with Gasteiger partial charge in [0.25, 0.3) is 0 Å². The molecule has 0 saturated carbocycles. The molecule has 3 aromatic rings. The van der Waals surface area contributed by atoms with E-state index in [0.717, 1.165) is 28.8 Å². The zero-order valence-electron chi connectivity index (χ0n) is 17.1. The number of rotatable bonds is 10. The van der Waals surface area contributed by atoms with Gasteiger partial charge in [-0.1, -0.05) is 49.6 Å².